The molecule has 13 heavy (non-hydrogen) atoms. The van der Waals surface area contributed by atoms with E-state index in [0.29, 0.717) is 16.6 Å². The number of hydrogen-bond acceptors (Lipinski definition) is 2. The zero-order valence-corrected chi connectivity index (χ0v) is 8.68. The number of halogens is 1. The quantitative estimate of drug-likeness (QED) is 0.645. The number of aryl methyl sites for hydroxylation is 1. The summed E-state index contributed by atoms with van der Waals surface area (Å²) < 4.78 is 0. The van der Waals surface area contributed by atoms with Gasteiger partial charge in [0.05, 0.1) is 5.56 Å². The van der Waals surface area contributed by atoms with E-state index in [2.05, 4.69) is 11.1 Å². The van der Waals surface area contributed by atoms with Crippen LogP contribution in [0, 0.1) is 18.3 Å². The molecule has 2 nitrogen and oxygen atoms in total. The van der Waals surface area contributed by atoms with Gasteiger partial charge in [-0.3, -0.25) is 0 Å². The van der Waals surface area contributed by atoms with Gasteiger partial charge in [-0.2, -0.15) is 5.26 Å². The second-order valence-electron chi connectivity index (χ2n) is 3.29. The predicted molar refractivity (Wildman–Crippen MR) is 52.8 cm³/mol. The highest BCUT2D eigenvalue weighted by molar-refractivity contribution is 6.30. The minimum absolute atomic E-state index is 0.300. The molecule has 68 valence electrons. The highest BCUT2D eigenvalue weighted by Crippen LogP contribution is 2.24. The summed E-state index contributed by atoms with van der Waals surface area (Å²) >= 11 is 5.85. The summed E-state index contributed by atoms with van der Waals surface area (Å²) in [6.07, 6.45) is 0. The zero-order chi connectivity index (χ0) is 10.0. The van der Waals surface area contributed by atoms with E-state index in [-0.39, 0.29) is 0 Å². The largest absolute Gasteiger partial charge is 0.240 e. The second-order valence-corrected chi connectivity index (χ2v) is 3.64. The molecule has 0 aliphatic carbocycles. The Hall–Kier alpha value is -1.07. The van der Waals surface area contributed by atoms with E-state index in [9.17, 15) is 0 Å². The fraction of sp³-hybridized carbons (Fsp3) is 0.400. The molecule has 0 aromatic carbocycles. The lowest BCUT2D eigenvalue weighted by molar-refractivity contribution is 0.854. The first-order valence-electron chi connectivity index (χ1n) is 4.13. The summed E-state index contributed by atoms with van der Waals surface area (Å²) in [5.74, 6) is 0.300. The van der Waals surface area contributed by atoms with Crippen molar-refractivity contribution in [3.63, 3.8) is 0 Å². The molecule has 0 saturated heterocycles. The second kappa shape index (κ2) is 3.76. The van der Waals surface area contributed by atoms with E-state index in [0.717, 1.165) is 11.3 Å². The van der Waals surface area contributed by atoms with Crippen LogP contribution < -0.4 is 0 Å². The van der Waals surface area contributed by atoms with Gasteiger partial charge in [0.1, 0.15) is 11.2 Å². The molecule has 0 amide bonds. The fourth-order valence-corrected chi connectivity index (χ4v) is 1.51. The average Bonchev–Trinajstić information content (AvgIpc) is 2.02. The maximum Gasteiger partial charge on any atom is 0.147 e. The topological polar surface area (TPSA) is 36.7 Å². The number of rotatable bonds is 1. The van der Waals surface area contributed by atoms with Crippen molar-refractivity contribution in [2.24, 2.45) is 0 Å². The average molecular weight is 195 g/mol. The maximum atomic E-state index is 8.86. The molecule has 0 fully saturated rings. The maximum absolute atomic E-state index is 8.86. The van der Waals surface area contributed by atoms with Crippen LogP contribution in [0.4, 0.5) is 0 Å². The molecule has 0 unspecified atom stereocenters. The van der Waals surface area contributed by atoms with Crippen LogP contribution >= 0.6 is 11.6 Å². The molecule has 0 N–H and O–H groups in total. The summed E-state index contributed by atoms with van der Waals surface area (Å²) in [6, 6.07) is 3.99. The Bertz CT molecular complexity index is 364. The molecule has 1 heterocycles. The molecular weight excluding hydrogens is 184 g/mol. The number of nitriles is 1. The Morgan fingerprint density at radius 3 is 2.62 bits per heavy atom. The van der Waals surface area contributed by atoms with Crippen LogP contribution in [-0.2, 0) is 0 Å². The molecule has 3 heteroatoms. The standard InChI is InChI=1S/C10H11ClN2/c1-6(2)8-4-7(3)13-10(11)9(8)5-12/h4,6H,1-3H3. The highest BCUT2D eigenvalue weighted by atomic mass is 35.5. The SMILES string of the molecule is Cc1cc(C(C)C)c(C#N)c(Cl)n1. The van der Waals surface area contributed by atoms with Gasteiger partial charge >= 0.3 is 0 Å². The lowest BCUT2D eigenvalue weighted by Gasteiger charge is -2.09. The van der Waals surface area contributed by atoms with E-state index in [4.69, 9.17) is 16.9 Å². The third-order valence-corrected chi connectivity index (χ3v) is 2.14. The molecule has 0 aliphatic heterocycles. The van der Waals surface area contributed by atoms with Crippen molar-refractivity contribution in [1.82, 2.24) is 4.98 Å². The molecule has 0 saturated carbocycles. The first-order valence-corrected chi connectivity index (χ1v) is 4.51. The van der Waals surface area contributed by atoms with Crippen LogP contribution in [0.5, 0.6) is 0 Å². The minimum atomic E-state index is 0.300. The van der Waals surface area contributed by atoms with E-state index in [1.165, 1.54) is 0 Å². The van der Waals surface area contributed by atoms with Gasteiger partial charge in [0, 0.05) is 5.69 Å². The smallest absolute Gasteiger partial charge is 0.147 e. The lowest BCUT2D eigenvalue weighted by Crippen LogP contribution is -1.97. The fourth-order valence-electron chi connectivity index (χ4n) is 1.23. The Labute approximate surface area is 83.2 Å². The summed E-state index contributed by atoms with van der Waals surface area (Å²) in [7, 11) is 0. The molecule has 1 aromatic heterocycles. The van der Waals surface area contributed by atoms with Crippen molar-refractivity contribution in [2.45, 2.75) is 26.7 Å². The number of aromatic nitrogens is 1. The van der Waals surface area contributed by atoms with Gasteiger partial charge < -0.3 is 0 Å². The van der Waals surface area contributed by atoms with Crippen molar-refractivity contribution < 1.29 is 0 Å². The first-order chi connectivity index (χ1) is 6.06. The van der Waals surface area contributed by atoms with Crippen molar-refractivity contribution in [3.8, 4) is 6.07 Å². The zero-order valence-electron chi connectivity index (χ0n) is 7.93. The molecule has 0 aliphatic rings. The molecule has 1 rings (SSSR count). The van der Waals surface area contributed by atoms with Crippen LogP contribution in [0.3, 0.4) is 0 Å². The minimum Gasteiger partial charge on any atom is -0.240 e. The van der Waals surface area contributed by atoms with Gasteiger partial charge in [0.25, 0.3) is 0 Å². The molecule has 0 spiro atoms. The third-order valence-electron chi connectivity index (χ3n) is 1.87. The van der Waals surface area contributed by atoms with E-state index in [1.54, 1.807) is 0 Å². The predicted octanol–water partition coefficient (Wildman–Crippen LogP) is 3.04. The van der Waals surface area contributed by atoms with E-state index in [1.807, 2.05) is 26.8 Å². The lowest BCUT2D eigenvalue weighted by atomic mass is 9.99. The van der Waals surface area contributed by atoms with Gasteiger partial charge in [-0.1, -0.05) is 25.4 Å². The Morgan fingerprint density at radius 1 is 1.54 bits per heavy atom. The number of hydrogen-bond donors (Lipinski definition) is 0. The van der Waals surface area contributed by atoms with Gasteiger partial charge in [-0.25, -0.2) is 4.98 Å². The Kier molecular flexibility index (Phi) is 2.90. The van der Waals surface area contributed by atoms with E-state index < -0.39 is 0 Å². The molecule has 0 bridgehead atoms. The van der Waals surface area contributed by atoms with Gasteiger partial charge in [-0.05, 0) is 24.5 Å². The number of pyridine rings is 1. The van der Waals surface area contributed by atoms with Crippen molar-refractivity contribution in [3.05, 3.63) is 28.0 Å². The molecular formula is C10H11ClN2. The summed E-state index contributed by atoms with van der Waals surface area (Å²) in [5.41, 5.74) is 2.33. The summed E-state index contributed by atoms with van der Waals surface area (Å²) in [6.45, 7) is 5.94. The van der Waals surface area contributed by atoms with Crippen LogP contribution in [0.25, 0.3) is 0 Å². The monoisotopic (exact) mass is 194 g/mol. The highest BCUT2D eigenvalue weighted by Gasteiger charge is 2.11. The summed E-state index contributed by atoms with van der Waals surface area (Å²) in [4.78, 5) is 4.03. The van der Waals surface area contributed by atoms with Gasteiger partial charge in [0.2, 0.25) is 0 Å². The van der Waals surface area contributed by atoms with Crippen LogP contribution in [0.15, 0.2) is 6.07 Å². The van der Waals surface area contributed by atoms with Crippen molar-refractivity contribution >= 4 is 11.6 Å². The Balaban J connectivity index is 3.41. The first kappa shape index (κ1) is 10.0. The molecule has 0 radical (unpaired) electrons. The van der Waals surface area contributed by atoms with Gasteiger partial charge in [-0.15, -0.1) is 0 Å². The van der Waals surface area contributed by atoms with Crippen molar-refractivity contribution in [1.29, 1.82) is 5.26 Å². The van der Waals surface area contributed by atoms with Gasteiger partial charge in [0.15, 0.2) is 0 Å². The molecule has 1 aromatic rings. The molecule has 0 atom stereocenters. The third kappa shape index (κ3) is 1.99. The van der Waals surface area contributed by atoms with Crippen molar-refractivity contribution in [2.75, 3.05) is 0 Å². The summed E-state index contributed by atoms with van der Waals surface area (Å²) in [5, 5.41) is 9.18. The number of nitrogens with zero attached hydrogens (tertiary/aromatic N) is 2. The van der Waals surface area contributed by atoms with Crippen LogP contribution in [0.2, 0.25) is 5.15 Å². The van der Waals surface area contributed by atoms with E-state index >= 15 is 0 Å². The normalized spacial score (nSPS) is 10.2. The Morgan fingerprint density at radius 2 is 2.15 bits per heavy atom. The van der Waals surface area contributed by atoms with Crippen LogP contribution in [0.1, 0.15) is 36.6 Å². The van der Waals surface area contributed by atoms with Crippen LogP contribution in [-0.4, -0.2) is 4.98 Å².